The normalized spacial score (nSPS) is 14.3. The van der Waals surface area contributed by atoms with Gasteiger partial charge in [0.05, 0.1) is 20.4 Å². The number of hydrogen-bond donors (Lipinski definition) is 0. The fourth-order valence-electron chi connectivity index (χ4n) is 3.30. The molecule has 0 saturated heterocycles. The first-order chi connectivity index (χ1) is 15.3. The van der Waals surface area contributed by atoms with Gasteiger partial charge in [-0.1, -0.05) is 11.3 Å². The highest BCUT2D eigenvalue weighted by molar-refractivity contribution is 7.98. The second kappa shape index (κ2) is 9.29. The number of fused-ring (bicyclic) bond motifs is 2. The van der Waals surface area contributed by atoms with Crippen LogP contribution in [0.15, 0.2) is 46.3 Å². The van der Waals surface area contributed by atoms with Crippen molar-refractivity contribution in [2.45, 2.75) is 30.5 Å². The third kappa shape index (κ3) is 4.44. The molecular weight excluding hydrogens is 468 g/mol. The van der Waals surface area contributed by atoms with Gasteiger partial charge in [-0.15, -0.1) is 0 Å². The van der Waals surface area contributed by atoms with E-state index in [-0.39, 0.29) is 4.90 Å². The largest absolute Gasteiger partial charge is 0.486 e. The summed E-state index contributed by atoms with van der Waals surface area (Å²) in [5.74, 6) is 1.84. The van der Waals surface area contributed by atoms with Crippen LogP contribution < -0.4 is 14.3 Å². The van der Waals surface area contributed by atoms with E-state index in [9.17, 15) is 13.2 Å². The molecule has 170 valence electrons. The van der Waals surface area contributed by atoms with Crippen LogP contribution in [-0.4, -0.2) is 49.4 Å². The van der Waals surface area contributed by atoms with Crippen LogP contribution in [0, 0.1) is 0 Å². The lowest BCUT2D eigenvalue weighted by Gasteiger charge is -2.18. The van der Waals surface area contributed by atoms with Crippen LogP contribution in [0.3, 0.4) is 0 Å². The van der Waals surface area contributed by atoms with Crippen LogP contribution >= 0.6 is 23.1 Å². The summed E-state index contributed by atoms with van der Waals surface area (Å²) < 4.78 is 39.0. The standard InChI is InChI=1S/C22H24N2O5S3/c1-14(2)32(26,27)16-6-4-15(5-7-16)21(25)23-22-24(8-11-30-3)17-12-18-19(13-20(17)31-22)29-10-9-28-18/h4-7,12-14H,8-11H2,1-3H3. The molecule has 0 radical (unpaired) electrons. The maximum atomic E-state index is 12.9. The van der Waals surface area contributed by atoms with Gasteiger partial charge in [-0.25, -0.2) is 8.42 Å². The molecule has 1 aliphatic rings. The minimum atomic E-state index is -3.39. The minimum Gasteiger partial charge on any atom is -0.486 e. The average molecular weight is 493 g/mol. The zero-order valence-electron chi connectivity index (χ0n) is 18.0. The van der Waals surface area contributed by atoms with Crippen LogP contribution in [0.5, 0.6) is 11.5 Å². The average Bonchev–Trinajstić information content (AvgIpc) is 3.11. The van der Waals surface area contributed by atoms with Gasteiger partial charge < -0.3 is 14.0 Å². The Morgan fingerprint density at radius 2 is 1.81 bits per heavy atom. The molecule has 10 heteroatoms. The summed E-state index contributed by atoms with van der Waals surface area (Å²) in [6.45, 7) is 4.97. The van der Waals surface area contributed by atoms with Crippen LogP contribution in [0.4, 0.5) is 0 Å². The maximum Gasteiger partial charge on any atom is 0.279 e. The molecule has 4 rings (SSSR count). The molecule has 1 aliphatic heterocycles. The van der Waals surface area contributed by atoms with Crippen LogP contribution in [-0.2, 0) is 16.4 Å². The van der Waals surface area contributed by atoms with E-state index in [0.717, 1.165) is 16.0 Å². The Kier molecular flexibility index (Phi) is 6.64. The van der Waals surface area contributed by atoms with Crippen molar-refractivity contribution in [1.29, 1.82) is 0 Å². The summed E-state index contributed by atoms with van der Waals surface area (Å²) in [5, 5.41) is -0.526. The third-order valence-electron chi connectivity index (χ3n) is 5.11. The lowest BCUT2D eigenvalue weighted by atomic mass is 10.2. The Morgan fingerprint density at radius 1 is 1.16 bits per heavy atom. The van der Waals surface area contributed by atoms with Gasteiger partial charge in [0.25, 0.3) is 5.91 Å². The number of benzene rings is 2. The van der Waals surface area contributed by atoms with E-state index in [1.165, 1.54) is 35.6 Å². The number of hydrogen-bond acceptors (Lipinski definition) is 7. The van der Waals surface area contributed by atoms with Gasteiger partial charge in [-0.2, -0.15) is 16.8 Å². The summed E-state index contributed by atoms with van der Waals surface area (Å²) in [6.07, 6.45) is 2.03. The first-order valence-electron chi connectivity index (χ1n) is 10.2. The summed E-state index contributed by atoms with van der Waals surface area (Å²) in [6, 6.07) is 9.83. The van der Waals surface area contributed by atoms with E-state index < -0.39 is 21.0 Å². The molecule has 32 heavy (non-hydrogen) atoms. The monoisotopic (exact) mass is 492 g/mol. The van der Waals surface area contributed by atoms with Gasteiger partial charge >= 0.3 is 0 Å². The number of aryl methyl sites for hydroxylation is 1. The van der Waals surface area contributed by atoms with E-state index >= 15 is 0 Å². The van der Waals surface area contributed by atoms with E-state index in [2.05, 4.69) is 4.99 Å². The van der Waals surface area contributed by atoms with E-state index in [1.807, 2.05) is 23.0 Å². The number of rotatable bonds is 6. The van der Waals surface area contributed by atoms with Gasteiger partial charge in [0.15, 0.2) is 26.1 Å². The quantitative estimate of drug-likeness (QED) is 0.521. The highest BCUT2D eigenvalue weighted by Crippen LogP contribution is 2.35. The van der Waals surface area contributed by atoms with Gasteiger partial charge in [0.2, 0.25) is 0 Å². The number of amides is 1. The van der Waals surface area contributed by atoms with Crippen molar-refractivity contribution >= 4 is 49.1 Å². The first-order valence-corrected chi connectivity index (χ1v) is 13.9. The Morgan fingerprint density at radius 3 is 2.44 bits per heavy atom. The van der Waals surface area contributed by atoms with Crippen LogP contribution in [0.2, 0.25) is 0 Å². The summed E-state index contributed by atoms with van der Waals surface area (Å²) in [7, 11) is -3.39. The molecule has 0 aliphatic carbocycles. The lowest BCUT2D eigenvalue weighted by molar-refractivity contribution is 0.0997. The molecule has 2 heterocycles. The number of thioether (sulfide) groups is 1. The fraction of sp³-hybridized carbons (Fsp3) is 0.364. The SMILES string of the molecule is CSCCn1c(=NC(=O)c2ccc(S(=O)(=O)C(C)C)cc2)sc2cc3c(cc21)OCCO3. The smallest absolute Gasteiger partial charge is 0.279 e. The number of sulfone groups is 1. The molecule has 0 fully saturated rings. The van der Waals surface area contributed by atoms with E-state index in [4.69, 9.17) is 9.47 Å². The summed E-state index contributed by atoms with van der Waals surface area (Å²) in [4.78, 5) is 18.0. The van der Waals surface area contributed by atoms with Crippen molar-refractivity contribution in [2.24, 2.45) is 4.99 Å². The Labute approximate surface area is 195 Å². The molecule has 0 N–H and O–H groups in total. The molecule has 0 atom stereocenters. The van der Waals surface area contributed by atoms with Gasteiger partial charge in [0, 0.05) is 30.0 Å². The van der Waals surface area contributed by atoms with Gasteiger partial charge in [-0.3, -0.25) is 4.79 Å². The fourth-order valence-corrected chi connectivity index (χ4v) is 5.79. The predicted octanol–water partition coefficient (Wildman–Crippen LogP) is 3.76. The van der Waals surface area contributed by atoms with Gasteiger partial charge in [-0.05, 0) is 44.4 Å². The van der Waals surface area contributed by atoms with E-state index in [1.54, 1.807) is 25.6 Å². The van der Waals surface area contributed by atoms with Crippen molar-refractivity contribution in [3.05, 3.63) is 46.8 Å². The molecule has 3 aromatic rings. The zero-order valence-corrected chi connectivity index (χ0v) is 20.5. The molecule has 0 unspecified atom stereocenters. The molecular formula is C22H24N2O5S3. The lowest BCUT2D eigenvalue weighted by Crippen LogP contribution is -2.19. The van der Waals surface area contributed by atoms with Crippen molar-refractivity contribution in [2.75, 3.05) is 25.2 Å². The Hall–Kier alpha value is -2.30. The Bertz CT molecular complexity index is 1320. The Balaban J connectivity index is 1.74. The zero-order chi connectivity index (χ0) is 22.9. The van der Waals surface area contributed by atoms with Crippen molar-refractivity contribution in [3.63, 3.8) is 0 Å². The predicted molar refractivity (Wildman–Crippen MR) is 128 cm³/mol. The second-order valence-corrected chi connectivity index (χ2v) is 12.0. The maximum absolute atomic E-state index is 12.9. The van der Waals surface area contributed by atoms with Gasteiger partial charge in [0.1, 0.15) is 13.2 Å². The molecule has 2 aromatic carbocycles. The summed E-state index contributed by atoms with van der Waals surface area (Å²) in [5.41, 5.74) is 1.28. The second-order valence-electron chi connectivity index (χ2n) is 7.53. The number of ether oxygens (including phenoxy) is 2. The molecule has 1 aromatic heterocycles. The highest BCUT2D eigenvalue weighted by Gasteiger charge is 2.20. The van der Waals surface area contributed by atoms with Crippen LogP contribution in [0.25, 0.3) is 10.2 Å². The third-order valence-corrected chi connectivity index (χ3v) is 8.92. The van der Waals surface area contributed by atoms with Crippen molar-refractivity contribution in [1.82, 2.24) is 4.57 Å². The molecule has 0 spiro atoms. The number of thiazole rings is 1. The van der Waals surface area contributed by atoms with E-state index in [0.29, 0.717) is 41.6 Å². The highest BCUT2D eigenvalue weighted by atomic mass is 32.2. The molecule has 1 amide bonds. The van der Waals surface area contributed by atoms with Crippen LogP contribution in [0.1, 0.15) is 24.2 Å². The van der Waals surface area contributed by atoms with Crippen molar-refractivity contribution < 1.29 is 22.7 Å². The molecule has 0 bridgehead atoms. The molecule has 7 nitrogen and oxygen atoms in total. The molecule has 0 saturated carbocycles. The topological polar surface area (TPSA) is 87.0 Å². The number of carbonyl (C=O) groups is 1. The number of carbonyl (C=O) groups excluding carboxylic acids is 1. The number of nitrogens with zero attached hydrogens (tertiary/aromatic N) is 2. The van der Waals surface area contributed by atoms with Crippen molar-refractivity contribution in [3.8, 4) is 11.5 Å². The summed E-state index contributed by atoms with van der Waals surface area (Å²) >= 11 is 3.13. The first kappa shape index (κ1) is 22.9. The minimum absolute atomic E-state index is 0.200. The number of aromatic nitrogens is 1.